The molecule has 110 valence electrons. The molecule has 1 heterocycles. The largest absolute Gasteiger partial charge is 0.322 e. The maximum atomic E-state index is 6.77. The number of aryl methyl sites for hydroxylation is 1. The highest BCUT2D eigenvalue weighted by Gasteiger charge is 2.54. The van der Waals surface area contributed by atoms with E-state index in [1.54, 1.807) is 0 Å². The van der Waals surface area contributed by atoms with Crippen molar-refractivity contribution in [2.45, 2.75) is 64.5 Å². The Kier molecular flexibility index (Phi) is 2.92. The van der Waals surface area contributed by atoms with Gasteiger partial charge in [-0.1, -0.05) is 12.1 Å². The van der Waals surface area contributed by atoms with Crippen molar-refractivity contribution < 1.29 is 0 Å². The van der Waals surface area contributed by atoms with Gasteiger partial charge in [0.2, 0.25) is 0 Å². The molecule has 4 bridgehead atoms. The third kappa shape index (κ3) is 1.84. The number of rotatable bonds is 4. The third-order valence-corrected chi connectivity index (χ3v) is 6.15. The fourth-order valence-corrected chi connectivity index (χ4v) is 5.76. The topological polar surface area (TPSA) is 56.7 Å². The first-order valence-electron chi connectivity index (χ1n) is 8.34. The molecule has 0 aliphatic heterocycles. The SMILES string of the molecule is CCCn1nncc1C(N)C12CC3CC(CC(C3)C1)C2. The van der Waals surface area contributed by atoms with Crippen LogP contribution in [0.25, 0.3) is 0 Å². The van der Waals surface area contributed by atoms with Crippen molar-refractivity contribution in [1.82, 2.24) is 15.0 Å². The van der Waals surface area contributed by atoms with Crippen LogP contribution in [-0.2, 0) is 6.54 Å². The summed E-state index contributed by atoms with van der Waals surface area (Å²) in [5.74, 6) is 2.84. The Bertz CT molecular complexity index is 457. The Labute approximate surface area is 121 Å². The standard InChI is InChI=1S/C16H26N4/c1-2-3-20-14(10-18-19-20)15(17)16-7-11-4-12(8-16)6-13(5-11)9-16/h10-13,15H,2-9,17H2,1H3. The number of hydrogen-bond donors (Lipinski definition) is 1. The van der Waals surface area contributed by atoms with Crippen LogP contribution < -0.4 is 5.73 Å². The van der Waals surface area contributed by atoms with Gasteiger partial charge in [0, 0.05) is 6.54 Å². The molecule has 2 N–H and O–H groups in total. The zero-order valence-electron chi connectivity index (χ0n) is 12.5. The van der Waals surface area contributed by atoms with Crippen molar-refractivity contribution in [3.8, 4) is 0 Å². The van der Waals surface area contributed by atoms with E-state index in [1.165, 1.54) is 44.2 Å². The van der Waals surface area contributed by atoms with Crippen LogP contribution in [0.3, 0.4) is 0 Å². The van der Waals surface area contributed by atoms with Gasteiger partial charge >= 0.3 is 0 Å². The van der Waals surface area contributed by atoms with E-state index in [0.717, 1.165) is 30.7 Å². The van der Waals surface area contributed by atoms with Crippen LogP contribution >= 0.6 is 0 Å². The fraction of sp³-hybridized carbons (Fsp3) is 0.875. The minimum Gasteiger partial charge on any atom is -0.322 e. The lowest BCUT2D eigenvalue weighted by molar-refractivity contribution is -0.0691. The summed E-state index contributed by atoms with van der Waals surface area (Å²) >= 11 is 0. The number of hydrogen-bond acceptors (Lipinski definition) is 3. The lowest BCUT2D eigenvalue weighted by Crippen LogP contribution is -2.51. The van der Waals surface area contributed by atoms with E-state index < -0.39 is 0 Å². The number of aromatic nitrogens is 3. The molecular weight excluding hydrogens is 248 g/mol. The molecule has 1 aromatic heterocycles. The van der Waals surface area contributed by atoms with E-state index in [4.69, 9.17) is 5.73 Å². The molecule has 1 aromatic rings. The summed E-state index contributed by atoms with van der Waals surface area (Å²) in [6, 6.07) is 0.137. The normalized spacial score (nSPS) is 40.2. The van der Waals surface area contributed by atoms with Gasteiger partial charge in [0.15, 0.2) is 0 Å². The van der Waals surface area contributed by atoms with Crippen molar-refractivity contribution in [1.29, 1.82) is 0 Å². The lowest BCUT2D eigenvalue weighted by Gasteiger charge is -2.58. The van der Waals surface area contributed by atoms with Gasteiger partial charge in [-0.25, -0.2) is 4.68 Å². The van der Waals surface area contributed by atoms with Gasteiger partial charge in [0.25, 0.3) is 0 Å². The smallest absolute Gasteiger partial charge is 0.0760 e. The van der Waals surface area contributed by atoms with Crippen molar-refractivity contribution in [2.75, 3.05) is 0 Å². The molecular formula is C16H26N4. The molecule has 20 heavy (non-hydrogen) atoms. The molecule has 5 rings (SSSR count). The minimum atomic E-state index is 0.137. The molecule has 4 aliphatic carbocycles. The first-order valence-corrected chi connectivity index (χ1v) is 8.34. The van der Waals surface area contributed by atoms with Crippen LogP contribution in [0.1, 0.15) is 63.6 Å². The van der Waals surface area contributed by atoms with Gasteiger partial charge in [-0.15, -0.1) is 5.10 Å². The second-order valence-corrected chi connectivity index (χ2v) is 7.64. The van der Waals surface area contributed by atoms with E-state index in [9.17, 15) is 0 Å². The van der Waals surface area contributed by atoms with Gasteiger partial charge in [-0.2, -0.15) is 0 Å². The van der Waals surface area contributed by atoms with E-state index in [1.807, 2.05) is 10.9 Å². The van der Waals surface area contributed by atoms with Gasteiger partial charge in [-0.3, -0.25) is 0 Å². The molecule has 0 amide bonds. The van der Waals surface area contributed by atoms with Crippen LogP contribution in [0, 0.1) is 23.2 Å². The maximum absolute atomic E-state index is 6.77. The van der Waals surface area contributed by atoms with Crippen molar-refractivity contribution in [3.63, 3.8) is 0 Å². The van der Waals surface area contributed by atoms with E-state index in [2.05, 4.69) is 17.2 Å². The van der Waals surface area contributed by atoms with Crippen molar-refractivity contribution in [3.05, 3.63) is 11.9 Å². The van der Waals surface area contributed by atoms with Crippen LogP contribution in [0.4, 0.5) is 0 Å². The van der Waals surface area contributed by atoms with Crippen LogP contribution in [0.5, 0.6) is 0 Å². The van der Waals surface area contributed by atoms with Gasteiger partial charge in [-0.05, 0) is 68.1 Å². The number of nitrogens with two attached hydrogens (primary N) is 1. The molecule has 1 atom stereocenters. The van der Waals surface area contributed by atoms with Gasteiger partial charge in [0.1, 0.15) is 0 Å². The summed E-state index contributed by atoms with van der Waals surface area (Å²) in [5.41, 5.74) is 8.29. The Morgan fingerprint density at radius 2 is 1.85 bits per heavy atom. The molecule has 0 saturated heterocycles. The lowest BCUT2D eigenvalue weighted by atomic mass is 9.47. The first-order chi connectivity index (χ1) is 9.70. The highest BCUT2D eigenvalue weighted by molar-refractivity contribution is 5.13. The minimum absolute atomic E-state index is 0.137. The Morgan fingerprint density at radius 1 is 1.25 bits per heavy atom. The maximum Gasteiger partial charge on any atom is 0.0760 e. The molecule has 4 saturated carbocycles. The summed E-state index contributed by atoms with van der Waals surface area (Å²) < 4.78 is 2.04. The van der Waals surface area contributed by atoms with E-state index in [0.29, 0.717) is 5.41 Å². The van der Waals surface area contributed by atoms with Crippen LogP contribution in [-0.4, -0.2) is 15.0 Å². The monoisotopic (exact) mass is 274 g/mol. The van der Waals surface area contributed by atoms with Crippen molar-refractivity contribution >= 4 is 0 Å². The number of nitrogens with zero attached hydrogens (tertiary/aromatic N) is 3. The second-order valence-electron chi connectivity index (χ2n) is 7.64. The molecule has 4 heteroatoms. The molecule has 4 fully saturated rings. The zero-order chi connectivity index (χ0) is 13.7. The molecule has 1 unspecified atom stereocenters. The predicted octanol–water partition coefficient (Wildman–Crippen LogP) is 2.90. The Balaban J connectivity index is 1.64. The predicted molar refractivity (Wildman–Crippen MR) is 77.8 cm³/mol. The summed E-state index contributed by atoms with van der Waals surface area (Å²) in [5, 5.41) is 8.36. The zero-order valence-corrected chi connectivity index (χ0v) is 12.5. The highest BCUT2D eigenvalue weighted by Crippen LogP contribution is 2.63. The summed E-state index contributed by atoms with van der Waals surface area (Å²) in [6.07, 6.45) is 11.4. The third-order valence-electron chi connectivity index (χ3n) is 6.15. The molecule has 0 aromatic carbocycles. The molecule has 0 radical (unpaired) electrons. The first kappa shape index (κ1) is 12.8. The highest BCUT2D eigenvalue weighted by atomic mass is 15.4. The van der Waals surface area contributed by atoms with E-state index in [-0.39, 0.29) is 6.04 Å². The van der Waals surface area contributed by atoms with Crippen LogP contribution in [0.2, 0.25) is 0 Å². The van der Waals surface area contributed by atoms with Crippen molar-refractivity contribution in [2.24, 2.45) is 28.9 Å². The van der Waals surface area contributed by atoms with Gasteiger partial charge < -0.3 is 5.73 Å². The van der Waals surface area contributed by atoms with E-state index >= 15 is 0 Å². The molecule has 4 aliphatic rings. The second kappa shape index (κ2) is 4.55. The van der Waals surface area contributed by atoms with Gasteiger partial charge in [0.05, 0.1) is 17.9 Å². The Morgan fingerprint density at radius 3 is 2.40 bits per heavy atom. The quantitative estimate of drug-likeness (QED) is 0.918. The molecule has 0 spiro atoms. The average molecular weight is 274 g/mol. The summed E-state index contributed by atoms with van der Waals surface area (Å²) in [7, 11) is 0. The average Bonchev–Trinajstić information content (AvgIpc) is 2.85. The molecule has 4 nitrogen and oxygen atoms in total. The fourth-order valence-electron chi connectivity index (χ4n) is 5.76. The summed E-state index contributed by atoms with van der Waals surface area (Å²) in [4.78, 5) is 0. The Hall–Kier alpha value is -0.900. The summed E-state index contributed by atoms with van der Waals surface area (Å²) in [6.45, 7) is 3.12. The van der Waals surface area contributed by atoms with Crippen LogP contribution in [0.15, 0.2) is 6.20 Å².